The largest absolute Gasteiger partial charge is 0.465 e. The first-order valence-corrected chi connectivity index (χ1v) is 4.69. The number of methoxy groups -OCH3 is 1. The molecule has 1 aromatic rings. The molecular formula is C9H9NO2S. The first kappa shape index (κ1) is 9.75. The predicted molar refractivity (Wildman–Crippen MR) is 49.6 cm³/mol. The number of carbonyl (C=O) groups excluding carboxylic acids is 1. The maximum atomic E-state index is 11.2. The van der Waals surface area contributed by atoms with E-state index in [0.29, 0.717) is 17.7 Å². The number of thiophene rings is 1. The summed E-state index contributed by atoms with van der Waals surface area (Å²) in [4.78, 5) is 11.8. The van der Waals surface area contributed by atoms with Gasteiger partial charge in [0.2, 0.25) is 0 Å². The SMILES string of the molecule is COC(=O)c1sccc1CCC#N. The van der Waals surface area contributed by atoms with E-state index in [0.717, 1.165) is 5.56 Å². The summed E-state index contributed by atoms with van der Waals surface area (Å²) < 4.78 is 4.60. The molecule has 0 N–H and O–H groups in total. The number of nitriles is 1. The third kappa shape index (κ3) is 2.30. The van der Waals surface area contributed by atoms with Crippen LogP contribution in [0.3, 0.4) is 0 Å². The lowest BCUT2D eigenvalue weighted by molar-refractivity contribution is 0.0605. The summed E-state index contributed by atoms with van der Waals surface area (Å²) in [6.45, 7) is 0. The number of hydrogen-bond donors (Lipinski definition) is 0. The Kier molecular flexibility index (Phi) is 3.47. The molecule has 0 aliphatic carbocycles. The van der Waals surface area contributed by atoms with Gasteiger partial charge in [-0.15, -0.1) is 11.3 Å². The van der Waals surface area contributed by atoms with E-state index in [1.54, 1.807) is 0 Å². The van der Waals surface area contributed by atoms with Gasteiger partial charge in [-0.3, -0.25) is 0 Å². The van der Waals surface area contributed by atoms with Gasteiger partial charge in [0.15, 0.2) is 0 Å². The Labute approximate surface area is 80.6 Å². The van der Waals surface area contributed by atoms with Crippen LogP contribution in [0.15, 0.2) is 11.4 Å². The maximum Gasteiger partial charge on any atom is 0.348 e. The molecular weight excluding hydrogens is 186 g/mol. The first-order chi connectivity index (χ1) is 6.29. The predicted octanol–water partition coefficient (Wildman–Crippen LogP) is 1.99. The highest BCUT2D eigenvalue weighted by Gasteiger charge is 2.12. The Morgan fingerprint density at radius 1 is 1.77 bits per heavy atom. The van der Waals surface area contributed by atoms with E-state index >= 15 is 0 Å². The highest BCUT2D eigenvalue weighted by molar-refractivity contribution is 7.12. The van der Waals surface area contributed by atoms with Gasteiger partial charge in [-0.25, -0.2) is 4.79 Å². The summed E-state index contributed by atoms with van der Waals surface area (Å²) in [7, 11) is 1.36. The number of nitrogens with zero attached hydrogens (tertiary/aromatic N) is 1. The minimum Gasteiger partial charge on any atom is -0.465 e. The van der Waals surface area contributed by atoms with E-state index in [9.17, 15) is 4.79 Å². The normalized spacial score (nSPS) is 9.23. The summed E-state index contributed by atoms with van der Waals surface area (Å²) in [5.41, 5.74) is 0.901. The monoisotopic (exact) mass is 195 g/mol. The summed E-state index contributed by atoms with van der Waals surface area (Å²) in [5, 5.41) is 10.2. The molecule has 0 bridgehead atoms. The van der Waals surface area contributed by atoms with E-state index in [1.165, 1.54) is 18.4 Å². The molecule has 3 nitrogen and oxygen atoms in total. The van der Waals surface area contributed by atoms with Gasteiger partial charge in [-0.1, -0.05) is 0 Å². The second kappa shape index (κ2) is 4.63. The molecule has 1 aromatic heterocycles. The van der Waals surface area contributed by atoms with Gasteiger partial charge in [0.1, 0.15) is 4.88 Å². The Bertz CT molecular complexity index is 338. The van der Waals surface area contributed by atoms with Crippen LogP contribution in [-0.4, -0.2) is 13.1 Å². The van der Waals surface area contributed by atoms with Crippen molar-refractivity contribution >= 4 is 17.3 Å². The van der Waals surface area contributed by atoms with Gasteiger partial charge in [-0.05, 0) is 23.4 Å². The number of rotatable bonds is 3. The molecule has 13 heavy (non-hydrogen) atoms. The fourth-order valence-corrected chi connectivity index (χ4v) is 1.86. The zero-order valence-corrected chi connectivity index (χ0v) is 8.06. The topological polar surface area (TPSA) is 50.1 Å². The van der Waals surface area contributed by atoms with Crippen LogP contribution in [0, 0.1) is 11.3 Å². The number of esters is 1. The molecule has 0 unspecified atom stereocenters. The van der Waals surface area contributed by atoms with Crippen molar-refractivity contribution in [1.82, 2.24) is 0 Å². The Morgan fingerprint density at radius 3 is 3.15 bits per heavy atom. The molecule has 1 rings (SSSR count). The molecule has 0 aliphatic rings. The minimum absolute atomic E-state index is 0.317. The first-order valence-electron chi connectivity index (χ1n) is 3.81. The quantitative estimate of drug-likeness (QED) is 0.693. The van der Waals surface area contributed by atoms with Crippen molar-refractivity contribution in [2.24, 2.45) is 0 Å². The van der Waals surface area contributed by atoms with E-state index in [2.05, 4.69) is 4.74 Å². The summed E-state index contributed by atoms with van der Waals surface area (Å²) in [6, 6.07) is 3.90. The third-order valence-corrected chi connectivity index (χ3v) is 2.56. The van der Waals surface area contributed by atoms with E-state index in [1.807, 2.05) is 17.5 Å². The Balaban J connectivity index is 2.78. The molecule has 0 spiro atoms. The smallest absolute Gasteiger partial charge is 0.348 e. The Hall–Kier alpha value is -1.34. The number of aryl methyl sites for hydroxylation is 1. The minimum atomic E-state index is -0.317. The molecule has 0 saturated heterocycles. The van der Waals surface area contributed by atoms with Crippen LogP contribution >= 0.6 is 11.3 Å². The lowest BCUT2D eigenvalue weighted by atomic mass is 10.1. The van der Waals surface area contributed by atoms with Crippen molar-refractivity contribution in [3.8, 4) is 6.07 Å². The second-order valence-electron chi connectivity index (χ2n) is 2.42. The molecule has 68 valence electrons. The van der Waals surface area contributed by atoms with Gasteiger partial charge in [0, 0.05) is 6.42 Å². The van der Waals surface area contributed by atoms with Crippen molar-refractivity contribution < 1.29 is 9.53 Å². The summed E-state index contributed by atoms with van der Waals surface area (Å²) in [6.07, 6.45) is 1.05. The summed E-state index contributed by atoms with van der Waals surface area (Å²) in [5.74, 6) is -0.317. The van der Waals surface area contributed by atoms with Crippen LogP contribution in [0.4, 0.5) is 0 Å². The van der Waals surface area contributed by atoms with Crippen molar-refractivity contribution in [3.63, 3.8) is 0 Å². The van der Waals surface area contributed by atoms with Crippen LogP contribution in [0.25, 0.3) is 0 Å². The fraction of sp³-hybridized carbons (Fsp3) is 0.333. The molecule has 0 aliphatic heterocycles. The molecule has 0 fully saturated rings. The second-order valence-corrected chi connectivity index (χ2v) is 3.34. The van der Waals surface area contributed by atoms with Crippen LogP contribution in [0.5, 0.6) is 0 Å². The number of carbonyl (C=O) groups is 1. The average Bonchev–Trinajstić information content (AvgIpc) is 2.61. The van der Waals surface area contributed by atoms with Gasteiger partial charge < -0.3 is 4.74 Å². The molecule has 0 saturated carbocycles. The average molecular weight is 195 g/mol. The zero-order valence-electron chi connectivity index (χ0n) is 7.24. The fourth-order valence-electron chi connectivity index (χ4n) is 0.995. The molecule has 0 aromatic carbocycles. The standard InChI is InChI=1S/C9H9NO2S/c1-12-9(11)8-7(3-2-5-10)4-6-13-8/h4,6H,2-3H2,1H3. The Morgan fingerprint density at radius 2 is 2.54 bits per heavy atom. The highest BCUT2D eigenvalue weighted by atomic mass is 32.1. The molecule has 0 atom stereocenters. The maximum absolute atomic E-state index is 11.2. The number of ether oxygens (including phenoxy) is 1. The van der Waals surface area contributed by atoms with Gasteiger partial charge in [0.05, 0.1) is 13.2 Å². The van der Waals surface area contributed by atoms with Crippen LogP contribution < -0.4 is 0 Å². The molecule has 1 heterocycles. The van der Waals surface area contributed by atoms with E-state index in [-0.39, 0.29) is 5.97 Å². The van der Waals surface area contributed by atoms with Gasteiger partial charge in [0.25, 0.3) is 0 Å². The highest BCUT2D eigenvalue weighted by Crippen LogP contribution is 2.18. The lowest BCUT2D eigenvalue weighted by Gasteiger charge is -1.98. The molecule has 4 heteroatoms. The zero-order chi connectivity index (χ0) is 9.68. The number of hydrogen-bond acceptors (Lipinski definition) is 4. The third-order valence-electron chi connectivity index (χ3n) is 1.62. The molecule has 0 amide bonds. The van der Waals surface area contributed by atoms with Crippen LogP contribution in [0.1, 0.15) is 21.7 Å². The van der Waals surface area contributed by atoms with Crippen molar-refractivity contribution in [2.75, 3.05) is 7.11 Å². The van der Waals surface area contributed by atoms with Crippen molar-refractivity contribution in [3.05, 3.63) is 21.9 Å². The van der Waals surface area contributed by atoms with Gasteiger partial charge >= 0.3 is 5.97 Å². The van der Waals surface area contributed by atoms with Crippen molar-refractivity contribution in [2.45, 2.75) is 12.8 Å². The van der Waals surface area contributed by atoms with E-state index < -0.39 is 0 Å². The van der Waals surface area contributed by atoms with Crippen LogP contribution in [0.2, 0.25) is 0 Å². The van der Waals surface area contributed by atoms with Gasteiger partial charge in [-0.2, -0.15) is 5.26 Å². The van der Waals surface area contributed by atoms with Crippen LogP contribution in [-0.2, 0) is 11.2 Å². The lowest BCUT2D eigenvalue weighted by Crippen LogP contribution is -2.01. The summed E-state index contributed by atoms with van der Waals surface area (Å²) >= 11 is 1.35. The van der Waals surface area contributed by atoms with E-state index in [4.69, 9.17) is 5.26 Å². The van der Waals surface area contributed by atoms with Crippen molar-refractivity contribution in [1.29, 1.82) is 5.26 Å². The molecule has 0 radical (unpaired) electrons.